The molecule has 0 radical (unpaired) electrons. The number of hydrogen-bond donors (Lipinski definition) is 0. The van der Waals surface area contributed by atoms with E-state index in [1.807, 2.05) is 0 Å². The quantitative estimate of drug-likeness (QED) is 0.723. The Kier molecular flexibility index (Phi) is 3.24. The van der Waals surface area contributed by atoms with E-state index in [9.17, 15) is 4.79 Å². The number of carbonyl (C=O) groups excluding carboxylic acids is 1. The Morgan fingerprint density at radius 1 is 1.47 bits per heavy atom. The number of carbonyl (C=O) groups is 1. The molecule has 2 aliphatic rings. The molecular formula is C11H16N2OS. The van der Waals surface area contributed by atoms with Crippen molar-refractivity contribution in [3.05, 3.63) is 0 Å². The lowest BCUT2D eigenvalue weighted by Gasteiger charge is -2.17. The van der Waals surface area contributed by atoms with Crippen LogP contribution in [-0.4, -0.2) is 22.5 Å². The Labute approximate surface area is 94.5 Å². The van der Waals surface area contributed by atoms with Crippen molar-refractivity contribution < 1.29 is 4.79 Å². The first-order valence-corrected chi connectivity index (χ1v) is 6.48. The minimum absolute atomic E-state index is 0.297. The van der Waals surface area contributed by atoms with Crippen molar-refractivity contribution in [1.82, 2.24) is 0 Å². The predicted octanol–water partition coefficient (Wildman–Crippen LogP) is 3.15. The highest BCUT2D eigenvalue weighted by Gasteiger charge is 2.31. The Balaban J connectivity index is 2.07. The summed E-state index contributed by atoms with van der Waals surface area (Å²) in [6.07, 6.45) is 3.26. The van der Waals surface area contributed by atoms with Crippen molar-refractivity contribution in [3.8, 4) is 0 Å². The van der Waals surface area contributed by atoms with Crippen molar-refractivity contribution in [2.75, 3.05) is 5.75 Å². The summed E-state index contributed by atoms with van der Waals surface area (Å²) in [6.45, 7) is 4.36. The summed E-state index contributed by atoms with van der Waals surface area (Å²) < 4.78 is 0. The molecule has 4 heteroatoms. The highest BCUT2D eigenvalue weighted by molar-refractivity contribution is 8.14. The van der Waals surface area contributed by atoms with Gasteiger partial charge in [-0.15, -0.1) is 11.8 Å². The van der Waals surface area contributed by atoms with E-state index in [-0.39, 0.29) is 6.03 Å². The fourth-order valence-electron chi connectivity index (χ4n) is 1.93. The van der Waals surface area contributed by atoms with Gasteiger partial charge in [-0.25, -0.2) is 9.79 Å². The van der Waals surface area contributed by atoms with Gasteiger partial charge in [-0.3, -0.25) is 0 Å². The smallest absolute Gasteiger partial charge is 0.244 e. The van der Waals surface area contributed by atoms with Gasteiger partial charge in [0.1, 0.15) is 0 Å². The summed E-state index contributed by atoms with van der Waals surface area (Å²) >= 11 is 1.73. The number of aliphatic imine (C=N–C) groups is 2. The molecule has 15 heavy (non-hydrogen) atoms. The van der Waals surface area contributed by atoms with Crippen molar-refractivity contribution in [1.29, 1.82) is 0 Å². The van der Waals surface area contributed by atoms with Crippen molar-refractivity contribution in [2.24, 2.45) is 21.8 Å². The van der Waals surface area contributed by atoms with Gasteiger partial charge in [0.05, 0.1) is 5.04 Å². The number of hydrogen-bond acceptors (Lipinski definition) is 2. The molecule has 1 aliphatic carbocycles. The van der Waals surface area contributed by atoms with E-state index in [0.717, 1.165) is 35.8 Å². The Morgan fingerprint density at radius 3 is 3.00 bits per heavy atom. The molecule has 1 fully saturated rings. The maximum absolute atomic E-state index is 11.3. The maximum atomic E-state index is 11.3. The zero-order valence-corrected chi connectivity index (χ0v) is 10.0. The molecule has 2 amide bonds. The second kappa shape index (κ2) is 4.47. The van der Waals surface area contributed by atoms with Gasteiger partial charge < -0.3 is 0 Å². The molecule has 1 aliphatic heterocycles. The third-order valence-corrected chi connectivity index (χ3v) is 4.14. The van der Waals surface area contributed by atoms with Gasteiger partial charge in [0.2, 0.25) is 0 Å². The van der Waals surface area contributed by atoms with Crippen molar-refractivity contribution >= 4 is 28.5 Å². The van der Waals surface area contributed by atoms with Crippen LogP contribution in [0.15, 0.2) is 9.98 Å². The Bertz CT molecular complexity index is 333. The molecule has 0 spiro atoms. The van der Waals surface area contributed by atoms with Crippen LogP contribution in [0.3, 0.4) is 0 Å². The zero-order chi connectivity index (χ0) is 10.8. The van der Waals surface area contributed by atoms with Crippen LogP contribution in [-0.2, 0) is 0 Å². The van der Waals surface area contributed by atoms with E-state index in [0.29, 0.717) is 11.8 Å². The molecule has 0 saturated heterocycles. The number of amides is 2. The second-order valence-corrected chi connectivity index (χ2v) is 5.53. The number of rotatable bonds is 2. The van der Waals surface area contributed by atoms with E-state index < -0.39 is 0 Å². The molecule has 1 heterocycles. The Hall–Kier alpha value is -0.640. The van der Waals surface area contributed by atoms with Crippen molar-refractivity contribution in [3.63, 3.8) is 0 Å². The van der Waals surface area contributed by atoms with Crippen LogP contribution in [0.2, 0.25) is 0 Å². The standard InChI is InChI=1S/C11H16N2OS/c1-7(2)6-15-10-8-4-3-5-9(8)12-11(14)13-10/h7-8H,3-6H2,1-2H3. The molecule has 2 rings (SSSR count). The predicted molar refractivity (Wildman–Crippen MR) is 64.9 cm³/mol. The first kappa shape index (κ1) is 10.9. The van der Waals surface area contributed by atoms with Crippen LogP contribution in [0, 0.1) is 11.8 Å². The first-order valence-electron chi connectivity index (χ1n) is 5.49. The molecule has 1 unspecified atom stereocenters. The van der Waals surface area contributed by atoms with E-state index >= 15 is 0 Å². The molecule has 0 bridgehead atoms. The van der Waals surface area contributed by atoms with Crippen molar-refractivity contribution in [2.45, 2.75) is 33.1 Å². The van der Waals surface area contributed by atoms with Crippen LogP contribution in [0.1, 0.15) is 33.1 Å². The topological polar surface area (TPSA) is 41.8 Å². The van der Waals surface area contributed by atoms with E-state index in [2.05, 4.69) is 23.8 Å². The molecule has 0 aromatic carbocycles. The van der Waals surface area contributed by atoms with Gasteiger partial charge in [0.25, 0.3) is 0 Å². The fraction of sp³-hybridized carbons (Fsp3) is 0.727. The third kappa shape index (κ3) is 2.48. The SMILES string of the molecule is CC(C)CSC1=NC(=O)N=C2CCCC21. The average Bonchev–Trinajstić information content (AvgIpc) is 2.61. The minimum Gasteiger partial charge on any atom is -0.244 e. The van der Waals surface area contributed by atoms with Crippen LogP contribution >= 0.6 is 11.8 Å². The van der Waals surface area contributed by atoms with Gasteiger partial charge in [0.15, 0.2) is 0 Å². The van der Waals surface area contributed by atoms with Gasteiger partial charge >= 0.3 is 6.03 Å². The van der Waals surface area contributed by atoms with Crippen LogP contribution in [0.25, 0.3) is 0 Å². The number of thioether (sulfide) groups is 1. The minimum atomic E-state index is -0.297. The second-order valence-electron chi connectivity index (χ2n) is 4.49. The maximum Gasteiger partial charge on any atom is 0.367 e. The lowest BCUT2D eigenvalue weighted by molar-refractivity contribution is 0.256. The fourth-order valence-corrected chi connectivity index (χ4v) is 3.03. The highest BCUT2D eigenvalue weighted by atomic mass is 32.2. The Morgan fingerprint density at radius 2 is 2.27 bits per heavy atom. The highest BCUT2D eigenvalue weighted by Crippen LogP contribution is 2.31. The van der Waals surface area contributed by atoms with Gasteiger partial charge in [-0.1, -0.05) is 13.8 Å². The summed E-state index contributed by atoms with van der Waals surface area (Å²) in [7, 11) is 0. The van der Waals surface area contributed by atoms with E-state index in [1.165, 1.54) is 0 Å². The van der Waals surface area contributed by atoms with Crippen LogP contribution in [0.4, 0.5) is 4.79 Å². The summed E-state index contributed by atoms with van der Waals surface area (Å²) in [5, 5.41) is 1.01. The first-order chi connectivity index (χ1) is 7.16. The molecule has 1 atom stereocenters. The number of nitrogens with zero attached hydrogens (tertiary/aromatic N) is 2. The summed E-state index contributed by atoms with van der Waals surface area (Å²) in [6, 6.07) is -0.297. The lowest BCUT2D eigenvalue weighted by atomic mass is 10.1. The molecule has 0 aromatic heterocycles. The molecule has 3 nitrogen and oxygen atoms in total. The van der Waals surface area contributed by atoms with Gasteiger partial charge in [-0.2, -0.15) is 4.99 Å². The number of urea groups is 1. The zero-order valence-electron chi connectivity index (χ0n) is 9.19. The normalized spacial score (nSPS) is 25.3. The van der Waals surface area contributed by atoms with E-state index in [1.54, 1.807) is 11.8 Å². The van der Waals surface area contributed by atoms with Crippen LogP contribution < -0.4 is 0 Å². The largest absolute Gasteiger partial charge is 0.367 e. The average molecular weight is 224 g/mol. The van der Waals surface area contributed by atoms with Crippen LogP contribution in [0.5, 0.6) is 0 Å². The third-order valence-electron chi connectivity index (χ3n) is 2.64. The molecule has 82 valence electrons. The monoisotopic (exact) mass is 224 g/mol. The molecule has 1 saturated carbocycles. The molecule has 0 N–H and O–H groups in total. The summed E-state index contributed by atoms with van der Waals surface area (Å²) in [4.78, 5) is 19.3. The van der Waals surface area contributed by atoms with E-state index in [4.69, 9.17) is 0 Å². The van der Waals surface area contributed by atoms with Gasteiger partial charge in [0, 0.05) is 17.4 Å². The summed E-state index contributed by atoms with van der Waals surface area (Å²) in [5.74, 6) is 2.04. The lowest BCUT2D eigenvalue weighted by Crippen LogP contribution is -2.23. The summed E-state index contributed by atoms with van der Waals surface area (Å²) in [5.41, 5.74) is 1.07. The molecule has 0 aromatic rings. The van der Waals surface area contributed by atoms with Gasteiger partial charge in [-0.05, 0) is 25.2 Å². The molecular weight excluding hydrogens is 208 g/mol. The number of fused-ring (bicyclic) bond motifs is 1.